The van der Waals surface area contributed by atoms with Crippen molar-refractivity contribution in [2.45, 2.75) is 57.0 Å². The van der Waals surface area contributed by atoms with Gasteiger partial charge in [0.05, 0.1) is 5.60 Å². The zero-order valence-electron chi connectivity index (χ0n) is 11.3. The molecule has 0 unspecified atom stereocenters. The second-order valence-corrected chi connectivity index (χ2v) is 5.25. The summed E-state index contributed by atoms with van der Waals surface area (Å²) in [5.41, 5.74) is -0.783. The van der Waals surface area contributed by atoms with Crippen LogP contribution in [0.5, 0.6) is 0 Å². The molecule has 0 spiro atoms. The molecular formula is C13H24N2O4. The highest BCUT2D eigenvalue weighted by molar-refractivity contribution is 5.74. The van der Waals surface area contributed by atoms with Crippen molar-refractivity contribution < 1.29 is 19.8 Å². The summed E-state index contributed by atoms with van der Waals surface area (Å²) < 4.78 is 0. The van der Waals surface area contributed by atoms with E-state index in [2.05, 4.69) is 10.6 Å². The Bertz CT molecular complexity index is 299. The third kappa shape index (κ3) is 7.00. The van der Waals surface area contributed by atoms with Crippen LogP contribution in [0.25, 0.3) is 0 Å². The number of nitrogens with one attached hydrogen (secondary N) is 2. The number of aliphatic carboxylic acids is 1. The molecular weight excluding hydrogens is 248 g/mol. The van der Waals surface area contributed by atoms with E-state index in [1.807, 2.05) is 0 Å². The van der Waals surface area contributed by atoms with Crippen LogP contribution in [0.4, 0.5) is 4.79 Å². The molecule has 0 saturated heterocycles. The minimum Gasteiger partial charge on any atom is -0.481 e. The first kappa shape index (κ1) is 15.8. The van der Waals surface area contributed by atoms with Gasteiger partial charge in [0, 0.05) is 19.5 Å². The zero-order chi connectivity index (χ0) is 14.1. The monoisotopic (exact) mass is 272 g/mol. The van der Waals surface area contributed by atoms with Crippen molar-refractivity contribution in [1.29, 1.82) is 0 Å². The summed E-state index contributed by atoms with van der Waals surface area (Å²) in [7, 11) is 0. The summed E-state index contributed by atoms with van der Waals surface area (Å²) in [4.78, 5) is 21.8. The highest BCUT2D eigenvalue weighted by Gasteiger charge is 2.28. The van der Waals surface area contributed by atoms with Crippen LogP contribution in [0, 0.1) is 0 Å². The number of urea groups is 1. The van der Waals surface area contributed by atoms with Crippen molar-refractivity contribution in [1.82, 2.24) is 10.6 Å². The minimum atomic E-state index is -0.866. The van der Waals surface area contributed by atoms with Gasteiger partial charge in [-0.2, -0.15) is 0 Å². The van der Waals surface area contributed by atoms with Crippen LogP contribution >= 0.6 is 0 Å². The number of rotatable bonds is 6. The molecule has 1 saturated carbocycles. The van der Waals surface area contributed by atoms with Gasteiger partial charge in [-0.3, -0.25) is 4.79 Å². The van der Waals surface area contributed by atoms with Gasteiger partial charge < -0.3 is 20.8 Å². The molecule has 0 aromatic heterocycles. The molecule has 2 amide bonds. The number of hydrogen-bond donors (Lipinski definition) is 4. The maximum atomic E-state index is 11.5. The van der Waals surface area contributed by atoms with E-state index < -0.39 is 11.6 Å². The molecule has 19 heavy (non-hydrogen) atoms. The van der Waals surface area contributed by atoms with Gasteiger partial charge in [-0.1, -0.05) is 25.7 Å². The van der Waals surface area contributed by atoms with E-state index in [0.29, 0.717) is 13.0 Å². The number of carboxylic acid groups (broad SMARTS) is 1. The summed E-state index contributed by atoms with van der Waals surface area (Å²) in [5.74, 6) is -0.866. The Morgan fingerprint density at radius 2 is 1.68 bits per heavy atom. The molecule has 0 heterocycles. The number of aliphatic hydroxyl groups is 1. The highest BCUT2D eigenvalue weighted by atomic mass is 16.4. The number of carbonyl (C=O) groups excluding carboxylic acids is 1. The second kappa shape index (κ2) is 7.99. The number of amides is 2. The van der Waals surface area contributed by atoms with Gasteiger partial charge >= 0.3 is 12.0 Å². The fourth-order valence-electron chi connectivity index (χ4n) is 2.31. The zero-order valence-corrected chi connectivity index (χ0v) is 11.3. The Kier molecular flexibility index (Phi) is 6.62. The Balaban J connectivity index is 2.16. The minimum absolute atomic E-state index is 0.0459. The molecule has 1 fully saturated rings. The van der Waals surface area contributed by atoms with Gasteiger partial charge in [-0.05, 0) is 19.3 Å². The maximum absolute atomic E-state index is 11.5. The number of carbonyl (C=O) groups is 2. The van der Waals surface area contributed by atoms with Gasteiger partial charge in [0.1, 0.15) is 0 Å². The predicted octanol–water partition coefficient (Wildman–Crippen LogP) is 1.24. The fourth-order valence-corrected chi connectivity index (χ4v) is 2.31. The van der Waals surface area contributed by atoms with Crippen LogP contribution in [0.2, 0.25) is 0 Å². The Morgan fingerprint density at radius 1 is 1.05 bits per heavy atom. The Morgan fingerprint density at radius 3 is 2.26 bits per heavy atom. The maximum Gasteiger partial charge on any atom is 0.314 e. The third-order valence-corrected chi connectivity index (χ3v) is 3.47. The average Bonchev–Trinajstić information content (AvgIpc) is 2.58. The average molecular weight is 272 g/mol. The van der Waals surface area contributed by atoms with E-state index in [9.17, 15) is 14.7 Å². The molecule has 4 N–H and O–H groups in total. The molecule has 110 valence electrons. The fraction of sp³-hybridized carbons (Fsp3) is 0.846. The summed E-state index contributed by atoms with van der Waals surface area (Å²) in [6.07, 6.45) is 6.19. The second-order valence-electron chi connectivity index (χ2n) is 5.25. The summed E-state index contributed by atoms with van der Waals surface area (Å²) >= 11 is 0. The van der Waals surface area contributed by atoms with Crippen molar-refractivity contribution in [3.63, 3.8) is 0 Å². The van der Waals surface area contributed by atoms with E-state index in [4.69, 9.17) is 5.11 Å². The summed E-state index contributed by atoms with van der Waals surface area (Å²) in [5, 5.41) is 24.0. The normalized spacial score (nSPS) is 18.4. The molecule has 0 atom stereocenters. The SMILES string of the molecule is O=C(O)CCCNC(=O)NCC1(O)CCCCCC1. The van der Waals surface area contributed by atoms with Crippen LogP contribution in [-0.2, 0) is 4.79 Å². The van der Waals surface area contributed by atoms with Crippen LogP contribution in [0.15, 0.2) is 0 Å². The van der Waals surface area contributed by atoms with E-state index in [1.165, 1.54) is 0 Å². The molecule has 0 aliphatic heterocycles. The van der Waals surface area contributed by atoms with Gasteiger partial charge in [-0.15, -0.1) is 0 Å². The Labute approximate surface area is 113 Å². The van der Waals surface area contributed by atoms with Crippen LogP contribution in [-0.4, -0.2) is 40.9 Å². The summed E-state index contributed by atoms with van der Waals surface area (Å²) in [6.45, 7) is 0.592. The van der Waals surface area contributed by atoms with Gasteiger partial charge in [0.2, 0.25) is 0 Å². The number of carboxylic acids is 1. The van der Waals surface area contributed by atoms with Crippen molar-refractivity contribution in [2.24, 2.45) is 0 Å². The molecule has 0 aromatic rings. The lowest BCUT2D eigenvalue weighted by molar-refractivity contribution is -0.137. The van der Waals surface area contributed by atoms with Gasteiger partial charge in [0.15, 0.2) is 0 Å². The first-order valence-corrected chi connectivity index (χ1v) is 6.98. The smallest absolute Gasteiger partial charge is 0.314 e. The molecule has 1 rings (SSSR count). The predicted molar refractivity (Wildman–Crippen MR) is 70.9 cm³/mol. The number of hydrogen-bond acceptors (Lipinski definition) is 3. The van der Waals surface area contributed by atoms with Gasteiger partial charge in [-0.25, -0.2) is 4.79 Å². The van der Waals surface area contributed by atoms with E-state index in [0.717, 1.165) is 38.5 Å². The van der Waals surface area contributed by atoms with E-state index in [-0.39, 0.29) is 19.0 Å². The molecule has 1 aliphatic rings. The lowest BCUT2D eigenvalue weighted by Crippen LogP contribution is -2.46. The highest BCUT2D eigenvalue weighted by Crippen LogP contribution is 2.26. The first-order valence-electron chi connectivity index (χ1n) is 6.98. The molecule has 1 aliphatic carbocycles. The van der Waals surface area contributed by atoms with Crippen LogP contribution in [0.3, 0.4) is 0 Å². The van der Waals surface area contributed by atoms with Crippen LogP contribution < -0.4 is 10.6 Å². The quantitative estimate of drug-likeness (QED) is 0.432. The summed E-state index contributed by atoms with van der Waals surface area (Å²) in [6, 6.07) is -0.344. The molecule has 0 aromatic carbocycles. The Hall–Kier alpha value is -1.30. The van der Waals surface area contributed by atoms with Gasteiger partial charge in [0.25, 0.3) is 0 Å². The van der Waals surface area contributed by atoms with Crippen molar-refractivity contribution in [2.75, 3.05) is 13.1 Å². The van der Waals surface area contributed by atoms with E-state index >= 15 is 0 Å². The first-order chi connectivity index (χ1) is 9.02. The largest absolute Gasteiger partial charge is 0.481 e. The lowest BCUT2D eigenvalue weighted by Gasteiger charge is -2.26. The van der Waals surface area contributed by atoms with Crippen LogP contribution in [0.1, 0.15) is 51.4 Å². The standard InChI is InChI=1S/C13H24N2O4/c16-11(17)6-5-9-14-12(18)15-10-13(19)7-3-1-2-4-8-13/h19H,1-10H2,(H,16,17)(H2,14,15,18). The third-order valence-electron chi connectivity index (χ3n) is 3.47. The molecule has 6 heteroatoms. The van der Waals surface area contributed by atoms with Crippen molar-refractivity contribution in [3.05, 3.63) is 0 Å². The molecule has 0 radical (unpaired) electrons. The van der Waals surface area contributed by atoms with Crippen molar-refractivity contribution in [3.8, 4) is 0 Å². The lowest BCUT2D eigenvalue weighted by atomic mass is 9.95. The van der Waals surface area contributed by atoms with Crippen molar-refractivity contribution >= 4 is 12.0 Å². The van der Waals surface area contributed by atoms with E-state index in [1.54, 1.807) is 0 Å². The molecule has 6 nitrogen and oxygen atoms in total. The molecule has 0 bridgehead atoms. The topological polar surface area (TPSA) is 98.7 Å².